The maximum atomic E-state index is 5.83. The van der Waals surface area contributed by atoms with Gasteiger partial charge in [-0.2, -0.15) is 0 Å². The third-order valence-corrected chi connectivity index (χ3v) is 3.00. The molecule has 0 amide bonds. The fourth-order valence-electron chi connectivity index (χ4n) is 1.99. The first kappa shape index (κ1) is 13.4. The molecule has 1 aliphatic heterocycles. The van der Waals surface area contributed by atoms with Crippen LogP contribution in [0.15, 0.2) is 24.3 Å². The molecule has 3 heteroatoms. The minimum atomic E-state index is 0.231. The smallest absolute Gasteiger partial charge is 0.124 e. The second kappa shape index (κ2) is 6.76. The van der Waals surface area contributed by atoms with Crippen LogP contribution >= 0.6 is 0 Å². The molecule has 3 nitrogen and oxygen atoms in total. The molecule has 0 saturated carbocycles. The van der Waals surface area contributed by atoms with Crippen LogP contribution in [-0.2, 0) is 11.3 Å². The molecule has 1 unspecified atom stereocenters. The van der Waals surface area contributed by atoms with Gasteiger partial charge in [0.25, 0.3) is 0 Å². The van der Waals surface area contributed by atoms with Gasteiger partial charge in [0.1, 0.15) is 11.9 Å². The molecule has 0 aliphatic carbocycles. The van der Waals surface area contributed by atoms with Crippen molar-refractivity contribution in [2.75, 3.05) is 19.8 Å². The van der Waals surface area contributed by atoms with Crippen molar-refractivity contribution in [1.82, 2.24) is 5.32 Å². The molecule has 0 bridgehead atoms. The first-order valence-electron chi connectivity index (χ1n) is 6.78. The Morgan fingerprint density at radius 1 is 1.33 bits per heavy atom. The molecular weight excluding hydrogens is 226 g/mol. The van der Waals surface area contributed by atoms with Crippen molar-refractivity contribution in [3.05, 3.63) is 29.8 Å². The Morgan fingerprint density at radius 3 is 2.72 bits per heavy atom. The molecule has 0 spiro atoms. The zero-order chi connectivity index (χ0) is 12.8. The maximum absolute atomic E-state index is 5.83. The molecule has 1 aromatic rings. The van der Waals surface area contributed by atoms with Crippen LogP contribution in [0.25, 0.3) is 0 Å². The highest BCUT2D eigenvalue weighted by Crippen LogP contribution is 2.17. The minimum Gasteiger partial charge on any atom is -0.488 e. The number of hydrogen-bond donors (Lipinski definition) is 1. The Bertz CT molecular complexity index is 342. The summed E-state index contributed by atoms with van der Waals surface area (Å²) in [5.41, 5.74) is 1.30. The van der Waals surface area contributed by atoms with E-state index < -0.39 is 0 Å². The lowest BCUT2D eigenvalue weighted by atomic mass is 10.2. The molecule has 2 rings (SSSR count). The summed E-state index contributed by atoms with van der Waals surface area (Å²) in [7, 11) is 0. The molecule has 1 fully saturated rings. The van der Waals surface area contributed by atoms with E-state index in [-0.39, 0.29) is 6.10 Å². The van der Waals surface area contributed by atoms with Gasteiger partial charge in [-0.3, -0.25) is 0 Å². The highest BCUT2D eigenvalue weighted by molar-refractivity contribution is 5.27. The Labute approximate surface area is 109 Å². The highest BCUT2D eigenvalue weighted by Gasteiger charge is 2.16. The zero-order valence-electron chi connectivity index (χ0n) is 11.3. The lowest BCUT2D eigenvalue weighted by molar-refractivity contribution is 0.141. The van der Waals surface area contributed by atoms with E-state index in [1.807, 2.05) is 12.1 Å². The standard InChI is InChI=1S/C15H23NO2/c1-12(2)9-16-10-13-3-5-14(6-4-13)18-15-7-8-17-11-15/h3-6,12,15-16H,7-11H2,1-2H3. The molecule has 0 radical (unpaired) electrons. The lowest BCUT2D eigenvalue weighted by Crippen LogP contribution is -2.19. The fourth-order valence-corrected chi connectivity index (χ4v) is 1.99. The van der Waals surface area contributed by atoms with Crippen LogP contribution in [0.4, 0.5) is 0 Å². The number of hydrogen-bond acceptors (Lipinski definition) is 3. The van der Waals surface area contributed by atoms with Gasteiger partial charge in [-0.15, -0.1) is 0 Å². The second-order valence-electron chi connectivity index (χ2n) is 5.27. The summed E-state index contributed by atoms with van der Waals surface area (Å²) >= 11 is 0. The SMILES string of the molecule is CC(C)CNCc1ccc(OC2CCOC2)cc1. The van der Waals surface area contributed by atoms with E-state index in [0.717, 1.165) is 38.5 Å². The predicted molar refractivity (Wildman–Crippen MR) is 72.8 cm³/mol. The first-order chi connectivity index (χ1) is 8.74. The summed E-state index contributed by atoms with van der Waals surface area (Å²) in [6.45, 7) is 7.95. The van der Waals surface area contributed by atoms with E-state index in [0.29, 0.717) is 5.92 Å². The summed E-state index contributed by atoms with van der Waals surface area (Å²) in [5.74, 6) is 1.63. The van der Waals surface area contributed by atoms with Gasteiger partial charge in [-0.05, 0) is 30.2 Å². The Kier molecular flexibility index (Phi) is 5.02. The quantitative estimate of drug-likeness (QED) is 0.840. The van der Waals surface area contributed by atoms with Gasteiger partial charge in [-0.1, -0.05) is 26.0 Å². The van der Waals surface area contributed by atoms with E-state index >= 15 is 0 Å². The van der Waals surface area contributed by atoms with Crippen molar-refractivity contribution in [2.45, 2.75) is 32.9 Å². The van der Waals surface area contributed by atoms with Gasteiger partial charge < -0.3 is 14.8 Å². The van der Waals surface area contributed by atoms with Gasteiger partial charge in [0.2, 0.25) is 0 Å². The summed E-state index contributed by atoms with van der Waals surface area (Å²) in [6.07, 6.45) is 1.23. The predicted octanol–water partition coefficient (Wildman–Crippen LogP) is 2.60. The van der Waals surface area contributed by atoms with Crippen LogP contribution in [0, 0.1) is 5.92 Å². The highest BCUT2D eigenvalue weighted by atomic mass is 16.5. The third kappa shape index (κ3) is 4.31. The molecule has 1 heterocycles. The molecule has 100 valence electrons. The van der Waals surface area contributed by atoms with Gasteiger partial charge in [0.15, 0.2) is 0 Å². The van der Waals surface area contributed by atoms with E-state index in [1.165, 1.54) is 5.56 Å². The maximum Gasteiger partial charge on any atom is 0.124 e. The van der Waals surface area contributed by atoms with Crippen molar-refractivity contribution in [2.24, 2.45) is 5.92 Å². The molecule has 1 saturated heterocycles. The summed E-state index contributed by atoms with van der Waals surface area (Å²) in [5, 5.41) is 3.43. The van der Waals surface area contributed by atoms with E-state index in [9.17, 15) is 0 Å². The minimum absolute atomic E-state index is 0.231. The monoisotopic (exact) mass is 249 g/mol. The summed E-state index contributed by atoms with van der Waals surface area (Å²) in [4.78, 5) is 0. The van der Waals surface area contributed by atoms with E-state index in [1.54, 1.807) is 0 Å². The molecular formula is C15H23NO2. The van der Waals surface area contributed by atoms with Crippen LogP contribution in [0.2, 0.25) is 0 Å². The van der Waals surface area contributed by atoms with Crippen molar-refractivity contribution in [3.63, 3.8) is 0 Å². The van der Waals surface area contributed by atoms with Crippen molar-refractivity contribution in [3.8, 4) is 5.75 Å². The van der Waals surface area contributed by atoms with Gasteiger partial charge in [0.05, 0.1) is 13.2 Å². The largest absolute Gasteiger partial charge is 0.488 e. The molecule has 0 aromatic heterocycles. The first-order valence-corrected chi connectivity index (χ1v) is 6.78. The van der Waals surface area contributed by atoms with Crippen LogP contribution in [0.1, 0.15) is 25.8 Å². The summed E-state index contributed by atoms with van der Waals surface area (Å²) in [6, 6.07) is 8.34. The Hall–Kier alpha value is -1.06. The van der Waals surface area contributed by atoms with Crippen LogP contribution in [0.3, 0.4) is 0 Å². The number of ether oxygens (including phenoxy) is 2. The van der Waals surface area contributed by atoms with Crippen molar-refractivity contribution in [1.29, 1.82) is 0 Å². The van der Waals surface area contributed by atoms with Crippen LogP contribution in [0.5, 0.6) is 5.75 Å². The normalized spacial score (nSPS) is 19.4. The number of nitrogens with one attached hydrogen (secondary N) is 1. The van der Waals surface area contributed by atoms with Crippen molar-refractivity contribution >= 4 is 0 Å². The average molecular weight is 249 g/mol. The van der Waals surface area contributed by atoms with Crippen LogP contribution < -0.4 is 10.1 Å². The molecule has 1 N–H and O–H groups in total. The lowest BCUT2D eigenvalue weighted by Gasteiger charge is -2.12. The second-order valence-corrected chi connectivity index (χ2v) is 5.27. The Balaban J connectivity index is 1.77. The molecule has 18 heavy (non-hydrogen) atoms. The molecule has 1 atom stereocenters. The zero-order valence-corrected chi connectivity index (χ0v) is 11.3. The fraction of sp³-hybridized carbons (Fsp3) is 0.600. The van der Waals surface area contributed by atoms with Gasteiger partial charge in [-0.25, -0.2) is 0 Å². The van der Waals surface area contributed by atoms with Gasteiger partial charge >= 0.3 is 0 Å². The number of benzene rings is 1. The van der Waals surface area contributed by atoms with Gasteiger partial charge in [0, 0.05) is 13.0 Å². The van der Waals surface area contributed by atoms with Crippen molar-refractivity contribution < 1.29 is 9.47 Å². The average Bonchev–Trinajstić information content (AvgIpc) is 2.84. The van der Waals surface area contributed by atoms with Crippen LogP contribution in [-0.4, -0.2) is 25.9 Å². The molecule has 1 aromatic carbocycles. The van der Waals surface area contributed by atoms with E-state index in [4.69, 9.17) is 9.47 Å². The topological polar surface area (TPSA) is 30.5 Å². The molecule has 1 aliphatic rings. The summed E-state index contributed by atoms with van der Waals surface area (Å²) < 4.78 is 11.1. The third-order valence-electron chi connectivity index (χ3n) is 3.00. The Morgan fingerprint density at radius 2 is 2.11 bits per heavy atom. The number of rotatable bonds is 6. The van der Waals surface area contributed by atoms with E-state index in [2.05, 4.69) is 31.3 Å².